The number of carbonyl (C=O) groups is 1. The molecule has 1 aliphatic rings. The lowest BCUT2D eigenvalue weighted by atomic mass is 10.0. The van der Waals surface area contributed by atoms with Gasteiger partial charge in [-0.1, -0.05) is 28.9 Å². The lowest BCUT2D eigenvalue weighted by Crippen LogP contribution is -2.33. The summed E-state index contributed by atoms with van der Waals surface area (Å²) >= 11 is 6.00. The van der Waals surface area contributed by atoms with E-state index in [-0.39, 0.29) is 18.5 Å². The number of rotatable bonds is 6. The predicted molar refractivity (Wildman–Crippen MR) is 114 cm³/mol. The van der Waals surface area contributed by atoms with Crippen LogP contribution < -0.4 is 5.32 Å². The molecule has 1 aromatic carbocycles. The van der Waals surface area contributed by atoms with Crippen LogP contribution in [0.5, 0.6) is 0 Å². The van der Waals surface area contributed by atoms with Gasteiger partial charge in [-0.15, -0.1) is 0 Å². The van der Waals surface area contributed by atoms with Crippen molar-refractivity contribution in [2.75, 3.05) is 18.4 Å². The maximum absolute atomic E-state index is 12.5. The Morgan fingerprint density at radius 2 is 2.00 bits per heavy atom. The van der Waals surface area contributed by atoms with Crippen molar-refractivity contribution in [3.05, 3.63) is 69.6 Å². The van der Waals surface area contributed by atoms with Gasteiger partial charge in [-0.05, 0) is 80.2 Å². The Balaban J connectivity index is 1.47. The minimum atomic E-state index is -0.130. The molecule has 0 spiro atoms. The van der Waals surface area contributed by atoms with Gasteiger partial charge in [0, 0.05) is 10.7 Å². The molecule has 1 atom stereocenters. The van der Waals surface area contributed by atoms with Crippen LogP contribution >= 0.6 is 11.6 Å². The highest BCUT2D eigenvalue weighted by atomic mass is 35.5. The van der Waals surface area contributed by atoms with Crippen LogP contribution in [0, 0.1) is 13.8 Å². The van der Waals surface area contributed by atoms with E-state index in [1.54, 1.807) is 6.92 Å². The zero-order chi connectivity index (χ0) is 21.1. The Hall–Kier alpha value is -2.77. The zero-order valence-electron chi connectivity index (χ0n) is 17.1. The van der Waals surface area contributed by atoms with Gasteiger partial charge < -0.3 is 5.32 Å². The van der Waals surface area contributed by atoms with E-state index in [4.69, 9.17) is 16.6 Å². The van der Waals surface area contributed by atoms with Crippen molar-refractivity contribution < 1.29 is 9.42 Å². The summed E-state index contributed by atoms with van der Waals surface area (Å²) in [5.41, 5.74) is 4.98. The molecular formula is C22H24ClN5O2. The second-order valence-corrected chi connectivity index (χ2v) is 8.16. The van der Waals surface area contributed by atoms with E-state index in [1.807, 2.05) is 31.2 Å². The van der Waals surface area contributed by atoms with Gasteiger partial charge in [0.15, 0.2) is 5.82 Å². The number of amides is 1. The van der Waals surface area contributed by atoms with E-state index >= 15 is 0 Å². The number of carbonyl (C=O) groups excluding carboxylic acids is 1. The SMILES string of the molecule is Cc1cc(Cc2ccc(Cl)cc2)cc(C2CCCN2CC(=O)Nc2nonc2C)n1. The molecule has 1 amide bonds. The zero-order valence-corrected chi connectivity index (χ0v) is 17.8. The van der Waals surface area contributed by atoms with Crippen molar-refractivity contribution in [1.82, 2.24) is 20.2 Å². The molecule has 2 aromatic heterocycles. The minimum Gasteiger partial charge on any atom is -0.305 e. The van der Waals surface area contributed by atoms with Crippen molar-refractivity contribution in [2.24, 2.45) is 0 Å². The van der Waals surface area contributed by atoms with E-state index in [9.17, 15) is 4.79 Å². The molecule has 3 aromatic rings. The van der Waals surface area contributed by atoms with E-state index in [0.717, 1.165) is 42.2 Å². The van der Waals surface area contributed by atoms with Gasteiger partial charge >= 0.3 is 0 Å². The second-order valence-electron chi connectivity index (χ2n) is 7.72. The van der Waals surface area contributed by atoms with Gasteiger partial charge in [-0.2, -0.15) is 0 Å². The van der Waals surface area contributed by atoms with E-state index in [2.05, 4.69) is 37.3 Å². The lowest BCUT2D eigenvalue weighted by Gasteiger charge is -2.24. The quantitative estimate of drug-likeness (QED) is 0.640. The summed E-state index contributed by atoms with van der Waals surface area (Å²) in [6, 6.07) is 12.3. The molecule has 156 valence electrons. The average molecular weight is 426 g/mol. The number of nitrogens with zero attached hydrogens (tertiary/aromatic N) is 4. The molecule has 0 radical (unpaired) electrons. The molecule has 0 saturated carbocycles. The number of likely N-dealkylation sites (tertiary alicyclic amines) is 1. The summed E-state index contributed by atoms with van der Waals surface area (Å²) < 4.78 is 4.64. The van der Waals surface area contributed by atoms with Crippen LogP contribution in [0.25, 0.3) is 0 Å². The molecule has 0 aliphatic carbocycles. The van der Waals surface area contributed by atoms with Crippen LogP contribution in [0.4, 0.5) is 5.82 Å². The van der Waals surface area contributed by atoms with Crippen molar-refractivity contribution in [1.29, 1.82) is 0 Å². The third-order valence-corrected chi connectivity index (χ3v) is 5.57. The van der Waals surface area contributed by atoms with Crippen molar-refractivity contribution in [2.45, 2.75) is 39.2 Å². The number of hydrogen-bond acceptors (Lipinski definition) is 6. The highest BCUT2D eigenvalue weighted by Crippen LogP contribution is 2.31. The number of nitrogens with one attached hydrogen (secondary N) is 1. The summed E-state index contributed by atoms with van der Waals surface area (Å²) in [5.74, 6) is 0.240. The fraction of sp³-hybridized carbons (Fsp3) is 0.364. The van der Waals surface area contributed by atoms with Gasteiger partial charge in [-0.25, -0.2) is 4.63 Å². The Kier molecular flexibility index (Phi) is 6.11. The Morgan fingerprint density at radius 1 is 1.20 bits per heavy atom. The molecule has 1 unspecified atom stereocenters. The topological polar surface area (TPSA) is 84.2 Å². The number of pyridine rings is 1. The summed E-state index contributed by atoms with van der Waals surface area (Å²) in [6.45, 7) is 4.89. The normalized spacial score (nSPS) is 16.7. The largest absolute Gasteiger partial charge is 0.305 e. The molecule has 4 rings (SSSR count). The van der Waals surface area contributed by atoms with E-state index < -0.39 is 0 Å². The maximum atomic E-state index is 12.5. The smallest absolute Gasteiger partial charge is 0.239 e. The molecule has 3 heterocycles. The minimum absolute atomic E-state index is 0.121. The number of aromatic nitrogens is 3. The van der Waals surface area contributed by atoms with Crippen molar-refractivity contribution in [3.63, 3.8) is 0 Å². The monoisotopic (exact) mass is 425 g/mol. The summed E-state index contributed by atoms with van der Waals surface area (Å²) in [4.78, 5) is 19.5. The fourth-order valence-corrected chi connectivity index (χ4v) is 4.06. The molecule has 1 N–H and O–H groups in total. The van der Waals surface area contributed by atoms with Crippen molar-refractivity contribution in [3.8, 4) is 0 Å². The van der Waals surface area contributed by atoms with Gasteiger partial charge in [0.1, 0.15) is 5.69 Å². The van der Waals surface area contributed by atoms with Crippen LogP contribution in [-0.4, -0.2) is 39.2 Å². The number of benzene rings is 1. The summed E-state index contributed by atoms with van der Waals surface area (Å²) in [7, 11) is 0. The van der Waals surface area contributed by atoms with Gasteiger partial charge in [-0.3, -0.25) is 14.7 Å². The van der Waals surface area contributed by atoms with Crippen LogP contribution in [0.2, 0.25) is 5.02 Å². The first kappa shape index (κ1) is 20.5. The molecule has 1 aliphatic heterocycles. The molecule has 1 fully saturated rings. The Bertz CT molecular complexity index is 1030. The Morgan fingerprint density at radius 3 is 2.73 bits per heavy atom. The summed E-state index contributed by atoms with van der Waals surface area (Å²) in [5, 5.41) is 10.9. The fourth-order valence-electron chi connectivity index (χ4n) is 3.93. The van der Waals surface area contributed by atoms with E-state index in [1.165, 1.54) is 11.1 Å². The van der Waals surface area contributed by atoms with Crippen LogP contribution in [0.1, 0.15) is 47.1 Å². The average Bonchev–Trinajstić information content (AvgIpc) is 3.32. The molecule has 8 heteroatoms. The molecule has 0 bridgehead atoms. The van der Waals surface area contributed by atoms with E-state index in [0.29, 0.717) is 11.5 Å². The standard InChI is InChI=1S/C22H24ClN5O2/c1-14-10-17(11-16-5-7-18(23)8-6-16)12-19(24-14)20-4-3-9-28(20)13-21(29)25-22-15(2)26-30-27-22/h5-8,10,12,20H,3-4,9,11,13H2,1-2H3,(H,25,27,29). The van der Waals surface area contributed by atoms with Crippen molar-refractivity contribution >= 4 is 23.3 Å². The third-order valence-electron chi connectivity index (χ3n) is 5.32. The number of hydrogen-bond donors (Lipinski definition) is 1. The van der Waals surface area contributed by atoms with Gasteiger partial charge in [0.2, 0.25) is 5.91 Å². The first-order chi connectivity index (χ1) is 14.5. The molecule has 30 heavy (non-hydrogen) atoms. The highest BCUT2D eigenvalue weighted by Gasteiger charge is 2.29. The number of halogens is 1. The Labute approximate surface area is 180 Å². The predicted octanol–water partition coefficient (Wildman–Crippen LogP) is 4.10. The van der Waals surface area contributed by atoms with Crippen LogP contribution in [-0.2, 0) is 11.2 Å². The lowest BCUT2D eigenvalue weighted by molar-refractivity contribution is -0.117. The first-order valence-electron chi connectivity index (χ1n) is 10.0. The number of anilines is 1. The van der Waals surface area contributed by atoms with Gasteiger partial charge in [0.25, 0.3) is 0 Å². The number of aryl methyl sites for hydroxylation is 2. The highest BCUT2D eigenvalue weighted by molar-refractivity contribution is 6.30. The maximum Gasteiger partial charge on any atom is 0.239 e. The summed E-state index contributed by atoms with van der Waals surface area (Å²) in [6.07, 6.45) is 2.83. The molecular weight excluding hydrogens is 402 g/mol. The molecule has 7 nitrogen and oxygen atoms in total. The second kappa shape index (κ2) is 8.93. The third kappa shape index (κ3) is 4.86. The molecule has 1 saturated heterocycles. The first-order valence-corrected chi connectivity index (χ1v) is 10.4. The van der Waals surface area contributed by atoms with Crippen LogP contribution in [0.15, 0.2) is 41.0 Å². The van der Waals surface area contributed by atoms with Gasteiger partial charge in [0.05, 0.1) is 18.3 Å². The van der Waals surface area contributed by atoms with Crippen LogP contribution in [0.3, 0.4) is 0 Å².